The fourth-order valence-corrected chi connectivity index (χ4v) is 2.95. The number of hydrogen-bond acceptors (Lipinski definition) is 6. The second-order valence-electron chi connectivity index (χ2n) is 6.57. The number of benzene rings is 2. The Morgan fingerprint density at radius 1 is 1.00 bits per heavy atom. The summed E-state index contributed by atoms with van der Waals surface area (Å²) >= 11 is 0. The van der Waals surface area contributed by atoms with Crippen molar-refractivity contribution in [2.24, 2.45) is 0 Å². The minimum atomic E-state index is -0.794. The molecule has 9 heteroatoms. The highest BCUT2D eigenvalue weighted by molar-refractivity contribution is 6.21. The summed E-state index contributed by atoms with van der Waals surface area (Å²) in [6.45, 7) is 2.94. The van der Waals surface area contributed by atoms with Gasteiger partial charge in [0.1, 0.15) is 0 Å². The highest BCUT2D eigenvalue weighted by atomic mass is 16.5. The molecule has 1 aliphatic rings. The van der Waals surface area contributed by atoms with Gasteiger partial charge < -0.3 is 10.1 Å². The van der Waals surface area contributed by atoms with Crippen LogP contribution in [0.25, 0.3) is 0 Å². The van der Waals surface area contributed by atoms with Gasteiger partial charge in [0, 0.05) is 6.54 Å². The van der Waals surface area contributed by atoms with Crippen LogP contribution in [0.4, 0.5) is 4.79 Å². The molecule has 0 radical (unpaired) electrons. The lowest BCUT2D eigenvalue weighted by atomic mass is 10.1. The number of nitrogens with zero attached hydrogens (tertiary/aromatic N) is 1. The van der Waals surface area contributed by atoms with Crippen molar-refractivity contribution in [2.75, 3.05) is 13.2 Å². The smallest absolute Gasteiger partial charge is 0.338 e. The highest BCUT2D eigenvalue weighted by Crippen LogP contribution is 2.24. The number of carbonyl (C=O) groups excluding carboxylic acids is 5. The summed E-state index contributed by atoms with van der Waals surface area (Å²) in [4.78, 5) is 61.4. The Morgan fingerprint density at radius 2 is 1.68 bits per heavy atom. The summed E-state index contributed by atoms with van der Waals surface area (Å²) < 4.78 is 4.91. The van der Waals surface area contributed by atoms with Crippen LogP contribution in [0.15, 0.2) is 61.2 Å². The van der Waals surface area contributed by atoms with Gasteiger partial charge in [-0.3, -0.25) is 24.6 Å². The lowest BCUT2D eigenvalue weighted by Crippen LogP contribution is -2.41. The zero-order valence-corrected chi connectivity index (χ0v) is 16.4. The van der Waals surface area contributed by atoms with Crippen molar-refractivity contribution in [3.05, 3.63) is 83.4 Å². The molecule has 0 saturated heterocycles. The predicted octanol–water partition coefficient (Wildman–Crippen LogP) is 1.65. The van der Waals surface area contributed by atoms with Gasteiger partial charge >= 0.3 is 12.0 Å². The Hall–Kier alpha value is -4.27. The molecule has 0 spiro atoms. The van der Waals surface area contributed by atoms with Crippen molar-refractivity contribution >= 4 is 29.7 Å². The van der Waals surface area contributed by atoms with Crippen LogP contribution >= 0.6 is 0 Å². The van der Waals surface area contributed by atoms with Crippen molar-refractivity contribution in [3.63, 3.8) is 0 Å². The topological polar surface area (TPSA) is 122 Å². The van der Waals surface area contributed by atoms with Gasteiger partial charge in [-0.2, -0.15) is 0 Å². The van der Waals surface area contributed by atoms with Gasteiger partial charge in [0.25, 0.3) is 17.7 Å². The molecular weight excluding hydrogens is 402 g/mol. The number of imide groups is 2. The van der Waals surface area contributed by atoms with Crippen LogP contribution in [-0.4, -0.2) is 47.8 Å². The van der Waals surface area contributed by atoms with Crippen molar-refractivity contribution < 1.29 is 28.7 Å². The normalized spacial score (nSPS) is 12.2. The van der Waals surface area contributed by atoms with E-state index in [1.54, 1.807) is 36.4 Å². The number of urea groups is 1. The second kappa shape index (κ2) is 9.49. The van der Waals surface area contributed by atoms with E-state index in [1.807, 2.05) is 5.32 Å². The number of hydrogen-bond donors (Lipinski definition) is 2. The van der Waals surface area contributed by atoms with Crippen molar-refractivity contribution in [2.45, 2.75) is 6.54 Å². The van der Waals surface area contributed by atoms with E-state index in [0.29, 0.717) is 16.7 Å². The molecule has 158 valence electrons. The number of ether oxygens (including phenoxy) is 1. The third kappa shape index (κ3) is 5.02. The molecular formula is C22H19N3O6. The highest BCUT2D eigenvalue weighted by Gasteiger charge is 2.35. The second-order valence-corrected chi connectivity index (χ2v) is 6.57. The zero-order chi connectivity index (χ0) is 22.4. The first-order valence-electron chi connectivity index (χ1n) is 9.30. The number of amides is 5. The van der Waals surface area contributed by atoms with Gasteiger partial charge in [0.05, 0.1) is 23.2 Å². The number of carbonyl (C=O) groups is 5. The van der Waals surface area contributed by atoms with Crippen LogP contribution in [0.5, 0.6) is 0 Å². The van der Waals surface area contributed by atoms with Gasteiger partial charge in [0.15, 0.2) is 6.61 Å². The summed E-state index contributed by atoms with van der Waals surface area (Å²) in [5.74, 6) is -2.39. The van der Waals surface area contributed by atoms with Gasteiger partial charge in [0.2, 0.25) is 0 Å². The van der Waals surface area contributed by atoms with E-state index in [4.69, 9.17) is 4.74 Å². The SMILES string of the molecule is C=CCNC(=O)NC(=O)COC(=O)c1cccc(CN2C(=O)c3ccccc3C2=O)c1. The van der Waals surface area contributed by atoms with Gasteiger partial charge in [-0.25, -0.2) is 9.59 Å². The van der Waals surface area contributed by atoms with Crippen LogP contribution in [0, 0.1) is 0 Å². The molecule has 2 aromatic rings. The predicted molar refractivity (Wildman–Crippen MR) is 109 cm³/mol. The maximum atomic E-state index is 12.5. The number of esters is 1. The Morgan fingerprint density at radius 3 is 2.32 bits per heavy atom. The molecule has 0 atom stereocenters. The number of fused-ring (bicyclic) bond motifs is 1. The average Bonchev–Trinajstić information content (AvgIpc) is 3.01. The third-order valence-electron chi connectivity index (χ3n) is 4.38. The van der Waals surface area contributed by atoms with E-state index in [9.17, 15) is 24.0 Å². The van der Waals surface area contributed by atoms with Crippen molar-refractivity contribution in [1.29, 1.82) is 0 Å². The molecule has 0 bridgehead atoms. The van der Waals surface area contributed by atoms with Gasteiger partial charge in [-0.05, 0) is 29.8 Å². The van der Waals surface area contributed by atoms with E-state index in [0.717, 1.165) is 4.90 Å². The Kier molecular flexibility index (Phi) is 6.56. The number of nitrogens with one attached hydrogen (secondary N) is 2. The van der Waals surface area contributed by atoms with Gasteiger partial charge in [-0.1, -0.05) is 30.3 Å². The minimum absolute atomic E-state index is 0.0164. The maximum Gasteiger partial charge on any atom is 0.338 e. The summed E-state index contributed by atoms with van der Waals surface area (Å²) in [6.07, 6.45) is 1.44. The van der Waals surface area contributed by atoms with Crippen LogP contribution in [0.2, 0.25) is 0 Å². The Balaban J connectivity index is 1.59. The van der Waals surface area contributed by atoms with Crippen LogP contribution in [-0.2, 0) is 16.1 Å². The third-order valence-corrected chi connectivity index (χ3v) is 4.38. The Bertz CT molecular complexity index is 1040. The lowest BCUT2D eigenvalue weighted by molar-refractivity contribution is -0.123. The summed E-state index contributed by atoms with van der Waals surface area (Å²) in [6, 6.07) is 12.0. The first-order valence-corrected chi connectivity index (χ1v) is 9.30. The van der Waals surface area contributed by atoms with Crippen LogP contribution in [0.3, 0.4) is 0 Å². The summed E-state index contributed by atoms with van der Waals surface area (Å²) in [5.41, 5.74) is 1.35. The summed E-state index contributed by atoms with van der Waals surface area (Å²) in [7, 11) is 0. The van der Waals surface area contributed by atoms with E-state index in [1.165, 1.54) is 18.2 Å². The van der Waals surface area contributed by atoms with E-state index >= 15 is 0 Å². The average molecular weight is 421 g/mol. The number of rotatable bonds is 7. The monoisotopic (exact) mass is 421 g/mol. The quantitative estimate of drug-likeness (QED) is 0.398. The molecule has 2 N–H and O–H groups in total. The molecule has 9 nitrogen and oxygen atoms in total. The molecule has 0 saturated carbocycles. The molecule has 1 aliphatic heterocycles. The zero-order valence-electron chi connectivity index (χ0n) is 16.4. The molecule has 0 aliphatic carbocycles. The van der Waals surface area contributed by atoms with Crippen molar-refractivity contribution in [3.8, 4) is 0 Å². The maximum absolute atomic E-state index is 12.5. The summed E-state index contributed by atoms with van der Waals surface area (Å²) in [5, 5.41) is 4.35. The first-order chi connectivity index (χ1) is 14.9. The fraction of sp³-hybridized carbons (Fsp3) is 0.136. The molecule has 0 unspecified atom stereocenters. The first kappa shape index (κ1) is 21.4. The molecule has 0 aromatic heterocycles. The van der Waals surface area contributed by atoms with Crippen molar-refractivity contribution in [1.82, 2.24) is 15.5 Å². The molecule has 5 amide bonds. The fourth-order valence-electron chi connectivity index (χ4n) is 2.95. The van der Waals surface area contributed by atoms with E-state index in [-0.39, 0.29) is 18.7 Å². The lowest BCUT2D eigenvalue weighted by Gasteiger charge is -2.14. The van der Waals surface area contributed by atoms with Gasteiger partial charge in [-0.15, -0.1) is 6.58 Å². The largest absolute Gasteiger partial charge is 0.452 e. The van der Waals surface area contributed by atoms with E-state index < -0.39 is 36.3 Å². The minimum Gasteiger partial charge on any atom is -0.452 e. The molecule has 31 heavy (non-hydrogen) atoms. The molecule has 3 rings (SSSR count). The van der Waals surface area contributed by atoms with Crippen LogP contribution in [0.1, 0.15) is 36.6 Å². The molecule has 1 heterocycles. The Labute approximate surface area is 177 Å². The molecule has 0 fully saturated rings. The standard InChI is InChI=1S/C22H19N3O6/c1-2-10-23-22(30)24-18(26)13-31-21(29)15-7-5-6-14(11-15)12-25-19(27)16-8-3-4-9-17(16)20(25)28/h2-9,11H,1,10,12-13H2,(H2,23,24,26,30). The molecule has 2 aromatic carbocycles. The van der Waals surface area contributed by atoms with Crippen LogP contribution < -0.4 is 10.6 Å². The van der Waals surface area contributed by atoms with E-state index in [2.05, 4.69) is 11.9 Å².